The minimum absolute atomic E-state index is 0.0431. The second-order valence-electron chi connectivity index (χ2n) is 11.9. The van der Waals surface area contributed by atoms with Crippen molar-refractivity contribution < 1.29 is 17.6 Å². The first kappa shape index (κ1) is 29.8. The molecule has 4 aromatic heterocycles. The summed E-state index contributed by atoms with van der Waals surface area (Å²) in [5.74, 6) is -0.502. The van der Waals surface area contributed by atoms with Gasteiger partial charge in [-0.25, -0.2) is 17.8 Å². The van der Waals surface area contributed by atoms with Crippen molar-refractivity contribution in [3.8, 4) is 33.6 Å². The van der Waals surface area contributed by atoms with Gasteiger partial charge in [0.15, 0.2) is 9.84 Å². The normalized spacial score (nSPS) is 14.9. The molecule has 0 radical (unpaired) electrons. The van der Waals surface area contributed by atoms with E-state index < -0.39 is 21.0 Å². The van der Waals surface area contributed by atoms with Gasteiger partial charge < -0.3 is 16.0 Å². The Morgan fingerprint density at radius 3 is 2.61 bits per heavy atom. The molecule has 46 heavy (non-hydrogen) atoms. The second-order valence-corrected chi connectivity index (χ2v) is 14.1. The van der Waals surface area contributed by atoms with E-state index in [9.17, 15) is 17.6 Å². The molecule has 1 aliphatic rings. The van der Waals surface area contributed by atoms with Gasteiger partial charge in [-0.3, -0.25) is 14.9 Å². The van der Waals surface area contributed by atoms with Crippen LogP contribution in [0.2, 0.25) is 0 Å². The molecule has 1 fully saturated rings. The van der Waals surface area contributed by atoms with Crippen molar-refractivity contribution >= 4 is 43.4 Å². The molecule has 12 heteroatoms. The van der Waals surface area contributed by atoms with Crippen molar-refractivity contribution in [2.45, 2.75) is 37.5 Å². The largest absolute Gasteiger partial charge is 0.338 e. The molecule has 5 N–H and O–H groups in total. The van der Waals surface area contributed by atoms with Gasteiger partial charge in [0.2, 0.25) is 5.91 Å². The monoisotopic (exact) mass is 637 g/mol. The van der Waals surface area contributed by atoms with Crippen LogP contribution in [-0.2, 0) is 14.6 Å². The summed E-state index contributed by atoms with van der Waals surface area (Å²) in [5.41, 5.74) is 12.4. The highest BCUT2D eigenvalue weighted by Gasteiger charge is 2.22. The molecule has 1 aliphatic carbocycles. The smallest absolute Gasteiger partial charge is 0.227 e. The molecule has 7 rings (SSSR count). The van der Waals surface area contributed by atoms with E-state index in [1.54, 1.807) is 30.7 Å². The number of nitrogens with two attached hydrogens (primary N) is 1. The topological polar surface area (TPSA) is 160 Å². The average Bonchev–Trinajstić information content (AvgIpc) is 3.68. The molecule has 10 nitrogen and oxygen atoms in total. The molecule has 4 heterocycles. The number of hydrogen-bond acceptors (Lipinski definition) is 7. The molecule has 0 saturated heterocycles. The Labute approximate surface area is 264 Å². The number of carbonyl (C=O) groups is 1. The summed E-state index contributed by atoms with van der Waals surface area (Å²) >= 11 is 0. The Kier molecular flexibility index (Phi) is 7.61. The van der Waals surface area contributed by atoms with Crippen LogP contribution in [0.15, 0.2) is 73.2 Å². The molecule has 1 amide bonds. The lowest BCUT2D eigenvalue weighted by molar-refractivity contribution is -0.120. The van der Waals surface area contributed by atoms with Crippen molar-refractivity contribution in [3.05, 3.63) is 84.6 Å². The van der Waals surface area contributed by atoms with Crippen LogP contribution in [0.4, 0.5) is 10.1 Å². The van der Waals surface area contributed by atoms with Gasteiger partial charge in [-0.2, -0.15) is 5.10 Å². The molecule has 0 spiro atoms. The number of halogens is 1. The van der Waals surface area contributed by atoms with E-state index in [0.717, 1.165) is 60.0 Å². The van der Waals surface area contributed by atoms with Crippen LogP contribution < -0.4 is 11.1 Å². The van der Waals surface area contributed by atoms with Gasteiger partial charge in [-0.15, -0.1) is 0 Å². The number of nitrogens with zero attached hydrogens (tertiary/aromatic N) is 3. The van der Waals surface area contributed by atoms with E-state index in [1.165, 1.54) is 12.5 Å². The van der Waals surface area contributed by atoms with Crippen molar-refractivity contribution in [3.63, 3.8) is 0 Å². The highest BCUT2D eigenvalue weighted by Crippen LogP contribution is 2.36. The zero-order chi connectivity index (χ0) is 32.0. The number of anilines is 1. The van der Waals surface area contributed by atoms with Gasteiger partial charge in [0, 0.05) is 40.9 Å². The van der Waals surface area contributed by atoms with E-state index in [0.29, 0.717) is 39.2 Å². The summed E-state index contributed by atoms with van der Waals surface area (Å²) in [5, 5.41) is 10.9. The van der Waals surface area contributed by atoms with Gasteiger partial charge in [-0.05, 0) is 83.6 Å². The van der Waals surface area contributed by atoms with Crippen molar-refractivity contribution in [1.82, 2.24) is 25.1 Å². The van der Waals surface area contributed by atoms with Gasteiger partial charge in [0.05, 0.1) is 23.1 Å². The summed E-state index contributed by atoms with van der Waals surface area (Å²) in [4.78, 5) is 25.0. The maximum Gasteiger partial charge on any atom is 0.227 e. The van der Waals surface area contributed by atoms with Crippen LogP contribution in [0.3, 0.4) is 0 Å². The number of aromatic amines is 2. The van der Waals surface area contributed by atoms with Crippen LogP contribution in [0.5, 0.6) is 0 Å². The second kappa shape index (κ2) is 11.8. The minimum atomic E-state index is -3.64. The molecule has 0 aliphatic heterocycles. The predicted molar refractivity (Wildman–Crippen MR) is 177 cm³/mol. The molecular formula is C34H32FN7O3S. The molecule has 2 aromatic carbocycles. The Balaban J connectivity index is 1.23. The number of amides is 1. The number of fused-ring (bicyclic) bond motifs is 2. The molecule has 1 atom stereocenters. The number of benzene rings is 2. The summed E-state index contributed by atoms with van der Waals surface area (Å²) < 4.78 is 38.9. The number of sulfone groups is 1. The number of rotatable bonds is 7. The summed E-state index contributed by atoms with van der Waals surface area (Å²) in [6.07, 6.45) is 11.3. The van der Waals surface area contributed by atoms with Crippen LogP contribution >= 0.6 is 0 Å². The molecule has 0 bridgehead atoms. The number of nitrogens with one attached hydrogen (secondary N) is 3. The lowest BCUT2D eigenvalue weighted by Crippen LogP contribution is -2.24. The summed E-state index contributed by atoms with van der Waals surface area (Å²) in [7, 11) is -3.64. The van der Waals surface area contributed by atoms with E-state index in [4.69, 9.17) is 5.73 Å². The number of pyridine rings is 2. The standard InChI is InChI=1S/C34H32FN7O3S/c1-46(44,45)32(36)22-11-21(12-24(35)13-22)26-9-10-38-33-27(26)16-30(40-33)31-28-15-20(7-8-29(28)41-42-31)23-14-25(18-37-17-23)39-34(43)19-5-3-2-4-6-19/h7-19,32H,2-6,36H2,1H3,(H,38,40)(H,39,43)(H,41,42). The Morgan fingerprint density at radius 1 is 0.978 bits per heavy atom. The number of carbonyl (C=O) groups excluding carboxylic acids is 1. The van der Waals surface area contributed by atoms with Gasteiger partial charge in [0.1, 0.15) is 22.5 Å². The van der Waals surface area contributed by atoms with E-state index in [1.807, 2.05) is 30.3 Å². The summed E-state index contributed by atoms with van der Waals surface area (Å²) in [6.45, 7) is 0. The Morgan fingerprint density at radius 2 is 1.80 bits per heavy atom. The number of H-pyrrole nitrogens is 2. The van der Waals surface area contributed by atoms with Gasteiger partial charge >= 0.3 is 0 Å². The van der Waals surface area contributed by atoms with Gasteiger partial charge in [-0.1, -0.05) is 25.3 Å². The third-order valence-corrected chi connectivity index (χ3v) is 9.88. The number of aromatic nitrogens is 5. The first-order chi connectivity index (χ1) is 22.1. The van der Waals surface area contributed by atoms with Crippen LogP contribution in [-0.4, -0.2) is 45.7 Å². The third kappa shape index (κ3) is 5.77. The van der Waals surface area contributed by atoms with Crippen molar-refractivity contribution in [1.29, 1.82) is 0 Å². The lowest BCUT2D eigenvalue weighted by atomic mass is 9.88. The fourth-order valence-electron chi connectivity index (χ4n) is 6.26. The zero-order valence-electron chi connectivity index (χ0n) is 25.0. The van der Waals surface area contributed by atoms with Crippen LogP contribution in [0.25, 0.3) is 55.6 Å². The van der Waals surface area contributed by atoms with E-state index in [2.05, 4.69) is 30.5 Å². The molecular weight excluding hydrogens is 605 g/mol. The Hall–Kier alpha value is -4.94. The molecule has 1 unspecified atom stereocenters. The quantitative estimate of drug-likeness (QED) is 0.156. The molecule has 1 saturated carbocycles. The van der Waals surface area contributed by atoms with E-state index in [-0.39, 0.29) is 17.4 Å². The van der Waals surface area contributed by atoms with E-state index >= 15 is 0 Å². The minimum Gasteiger partial charge on any atom is -0.338 e. The highest BCUT2D eigenvalue weighted by atomic mass is 32.2. The zero-order valence-corrected chi connectivity index (χ0v) is 25.9. The first-order valence-electron chi connectivity index (χ1n) is 15.1. The molecule has 234 valence electrons. The Bertz CT molecular complexity index is 2220. The van der Waals surface area contributed by atoms with Crippen LogP contribution in [0.1, 0.15) is 43.0 Å². The summed E-state index contributed by atoms with van der Waals surface area (Å²) in [6, 6.07) is 15.6. The third-order valence-electron chi connectivity index (χ3n) is 8.69. The first-order valence-corrected chi connectivity index (χ1v) is 17.1. The van der Waals surface area contributed by atoms with Gasteiger partial charge in [0.25, 0.3) is 0 Å². The SMILES string of the molecule is CS(=O)(=O)C(N)c1cc(F)cc(-c2ccnc3[nH]c(-c4n[nH]c5ccc(-c6cncc(NC(=O)C7CCCCC7)c6)cc45)cc23)c1. The van der Waals surface area contributed by atoms with Crippen molar-refractivity contribution in [2.24, 2.45) is 11.7 Å². The maximum atomic E-state index is 14.7. The van der Waals surface area contributed by atoms with Crippen LogP contribution in [0, 0.1) is 11.7 Å². The number of hydrogen-bond donors (Lipinski definition) is 4. The van der Waals surface area contributed by atoms with Crippen molar-refractivity contribution in [2.75, 3.05) is 11.6 Å². The molecule has 6 aromatic rings. The fourth-order valence-corrected chi connectivity index (χ4v) is 6.89. The lowest BCUT2D eigenvalue weighted by Gasteiger charge is -2.20. The average molecular weight is 638 g/mol. The fraction of sp³-hybridized carbons (Fsp3) is 0.235. The predicted octanol–water partition coefficient (Wildman–Crippen LogP) is 6.50. The highest BCUT2D eigenvalue weighted by molar-refractivity contribution is 7.90. The maximum absolute atomic E-state index is 14.7.